The van der Waals surface area contributed by atoms with Crippen LogP contribution in [0.1, 0.15) is 67.2 Å². The van der Waals surface area contributed by atoms with Gasteiger partial charge in [0.2, 0.25) is 17.7 Å². The molecule has 1 aromatic heterocycles. The normalized spacial score (nSPS) is 21.5. The number of nitrogens with one attached hydrogen (secondary N) is 5. The Kier molecular flexibility index (Phi) is 12.9. The van der Waals surface area contributed by atoms with Crippen LogP contribution in [0.15, 0.2) is 61.1 Å². The van der Waals surface area contributed by atoms with Crippen molar-refractivity contribution in [2.45, 2.75) is 77.7 Å². The van der Waals surface area contributed by atoms with Gasteiger partial charge in [-0.05, 0) is 67.6 Å². The lowest BCUT2D eigenvalue weighted by Gasteiger charge is -2.27. The highest BCUT2D eigenvalue weighted by molar-refractivity contribution is 5.99. The van der Waals surface area contributed by atoms with E-state index >= 15 is 0 Å². The van der Waals surface area contributed by atoms with Crippen molar-refractivity contribution in [2.24, 2.45) is 5.92 Å². The van der Waals surface area contributed by atoms with E-state index in [1.54, 1.807) is 50.8 Å². The SMILES string of the molecule is CC[C@H](C)C1NC(=O)c2ccc(cc2)CN(Cc2cnc[nH]2)CCCCNC(=O)[C@@H](C)NC(=O)[C@H](Cc2ccc(OC)cc2)NC1=O. The molecule has 4 amide bonds. The summed E-state index contributed by atoms with van der Waals surface area (Å²) in [4.78, 5) is 63.3. The lowest BCUT2D eigenvalue weighted by atomic mass is 9.96. The fourth-order valence-corrected chi connectivity index (χ4v) is 5.45. The largest absolute Gasteiger partial charge is 0.497 e. The number of nitrogens with zero attached hydrogens (tertiary/aromatic N) is 2. The number of methoxy groups -OCH3 is 1. The van der Waals surface area contributed by atoms with Gasteiger partial charge in [0.05, 0.1) is 13.4 Å². The Bertz CT molecular complexity index is 1460. The van der Waals surface area contributed by atoms with Crippen LogP contribution in [0.2, 0.25) is 0 Å². The Morgan fingerprint density at radius 2 is 1.68 bits per heavy atom. The van der Waals surface area contributed by atoms with E-state index in [9.17, 15) is 19.2 Å². The average molecular weight is 646 g/mol. The van der Waals surface area contributed by atoms with Crippen molar-refractivity contribution in [3.8, 4) is 5.75 Å². The Morgan fingerprint density at radius 3 is 2.34 bits per heavy atom. The second-order valence-electron chi connectivity index (χ2n) is 12.2. The maximum atomic E-state index is 13.8. The van der Waals surface area contributed by atoms with Gasteiger partial charge in [-0.25, -0.2) is 4.98 Å². The summed E-state index contributed by atoms with van der Waals surface area (Å²) in [5.41, 5.74) is 3.26. The Hall–Kier alpha value is -4.71. The first kappa shape index (κ1) is 35.1. The zero-order valence-corrected chi connectivity index (χ0v) is 27.7. The third-order valence-electron chi connectivity index (χ3n) is 8.54. The molecule has 0 spiro atoms. The van der Waals surface area contributed by atoms with Crippen LogP contribution in [-0.4, -0.2) is 76.8 Å². The number of imidazole rings is 1. The first-order chi connectivity index (χ1) is 22.7. The number of carbonyl (C=O) groups excluding carboxylic acids is 4. The van der Waals surface area contributed by atoms with Gasteiger partial charge in [0.15, 0.2) is 0 Å². The fourth-order valence-electron chi connectivity index (χ4n) is 5.45. The molecule has 12 heteroatoms. The van der Waals surface area contributed by atoms with Crippen LogP contribution in [0, 0.1) is 5.92 Å². The van der Waals surface area contributed by atoms with Crippen molar-refractivity contribution in [1.29, 1.82) is 0 Å². The number of aromatic nitrogens is 2. The average Bonchev–Trinajstić information content (AvgIpc) is 3.59. The fraction of sp³-hybridized carbons (Fsp3) is 0.457. The summed E-state index contributed by atoms with van der Waals surface area (Å²) in [5, 5.41) is 11.5. The van der Waals surface area contributed by atoms with Crippen molar-refractivity contribution >= 4 is 23.6 Å². The van der Waals surface area contributed by atoms with Gasteiger partial charge in [-0.15, -0.1) is 0 Å². The van der Waals surface area contributed by atoms with E-state index < -0.39 is 29.9 Å². The number of hydrogen-bond acceptors (Lipinski definition) is 7. The molecule has 0 saturated heterocycles. The van der Waals surface area contributed by atoms with E-state index in [4.69, 9.17) is 4.74 Å². The van der Waals surface area contributed by atoms with Gasteiger partial charge in [-0.2, -0.15) is 0 Å². The molecule has 0 aliphatic carbocycles. The number of aromatic amines is 1. The minimum atomic E-state index is -0.996. The number of rotatable bonds is 7. The van der Waals surface area contributed by atoms with E-state index in [-0.39, 0.29) is 24.2 Å². The Labute approximate surface area is 276 Å². The van der Waals surface area contributed by atoms with Crippen LogP contribution in [-0.2, 0) is 33.9 Å². The number of ether oxygens (including phenoxy) is 1. The van der Waals surface area contributed by atoms with E-state index in [2.05, 4.69) is 36.1 Å². The molecule has 5 rings (SSSR count). The second-order valence-corrected chi connectivity index (χ2v) is 12.2. The molecular weight excluding hydrogens is 598 g/mol. The van der Waals surface area contributed by atoms with Gasteiger partial charge in [0, 0.05) is 43.5 Å². The molecule has 4 atom stereocenters. The number of H-pyrrole nitrogens is 1. The second kappa shape index (κ2) is 17.3. The van der Waals surface area contributed by atoms with E-state index in [1.807, 2.05) is 38.1 Å². The molecule has 2 aromatic carbocycles. The molecular formula is C35H47N7O5. The van der Waals surface area contributed by atoms with Crippen LogP contribution in [0.5, 0.6) is 5.75 Å². The number of carbonyl (C=O) groups is 4. The lowest BCUT2D eigenvalue weighted by Crippen LogP contribution is -2.58. The van der Waals surface area contributed by atoms with Crippen molar-refractivity contribution in [1.82, 2.24) is 36.1 Å². The molecule has 5 N–H and O–H groups in total. The van der Waals surface area contributed by atoms with Crippen molar-refractivity contribution < 1.29 is 23.9 Å². The number of hydrogen-bond donors (Lipinski definition) is 5. The van der Waals surface area contributed by atoms with Crippen molar-refractivity contribution in [3.05, 3.63) is 83.4 Å². The maximum Gasteiger partial charge on any atom is 0.251 e. The van der Waals surface area contributed by atoms with Gasteiger partial charge >= 0.3 is 0 Å². The summed E-state index contributed by atoms with van der Waals surface area (Å²) < 4.78 is 5.25. The summed E-state index contributed by atoms with van der Waals surface area (Å²) >= 11 is 0. The molecule has 1 unspecified atom stereocenters. The molecule has 2 bridgehead atoms. The molecule has 0 fully saturated rings. The molecule has 2 aliphatic heterocycles. The number of benzene rings is 2. The summed E-state index contributed by atoms with van der Waals surface area (Å²) in [5.74, 6) is -1.21. The molecule has 3 heterocycles. The third-order valence-corrected chi connectivity index (χ3v) is 8.54. The highest BCUT2D eigenvalue weighted by Gasteiger charge is 2.31. The van der Waals surface area contributed by atoms with E-state index in [1.165, 1.54) is 0 Å². The maximum absolute atomic E-state index is 13.8. The van der Waals surface area contributed by atoms with Crippen LogP contribution in [0.25, 0.3) is 0 Å². The molecule has 12 nitrogen and oxygen atoms in total. The highest BCUT2D eigenvalue weighted by atomic mass is 16.5. The molecule has 2 aliphatic rings. The minimum absolute atomic E-state index is 0.174. The smallest absolute Gasteiger partial charge is 0.251 e. The third kappa shape index (κ3) is 10.4. The van der Waals surface area contributed by atoms with Crippen molar-refractivity contribution in [3.63, 3.8) is 0 Å². The van der Waals surface area contributed by atoms with E-state index in [0.717, 1.165) is 36.2 Å². The summed E-state index contributed by atoms with van der Waals surface area (Å²) in [7, 11) is 1.57. The highest BCUT2D eigenvalue weighted by Crippen LogP contribution is 2.16. The molecule has 0 radical (unpaired) electrons. The first-order valence-electron chi connectivity index (χ1n) is 16.3. The van der Waals surface area contributed by atoms with Gasteiger partial charge in [0.25, 0.3) is 5.91 Å². The van der Waals surface area contributed by atoms with Gasteiger partial charge in [-0.1, -0.05) is 44.5 Å². The topological polar surface area (TPSA) is 158 Å². The Balaban J connectivity index is 1.58. The van der Waals surface area contributed by atoms with E-state index in [0.29, 0.717) is 37.4 Å². The summed E-state index contributed by atoms with van der Waals surface area (Å²) in [6, 6.07) is 11.9. The van der Waals surface area contributed by atoms with Crippen LogP contribution >= 0.6 is 0 Å². The Morgan fingerprint density at radius 1 is 0.936 bits per heavy atom. The van der Waals surface area contributed by atoms with Crippen molar-refractivity contribution in [2.75, 3.05) is 20.2 Å². The number of fused-ring (bicyclic) bond motifs is 18. The summed E-state index contributed by atoms with van der Waals surface area (Å²) in [6.07, 6.45) is 5.83. The van der Waals surface area contributed by atoms with Crippen LogP contribution < -0.4 is 26.0 Å². The predicted octanol–water partition coefficient (Wildman–Crippen LogP) is 2.71. The predicted molar refractivity (Wildman–Crippen MR) is 178 cm³/mol. The van der Waals surface area contributed by atoms with Crippen LogP contribution in [0.3, 0.4) is 0 Å². The molecule has 0 saturated carbocycles. The monoisotopic (exact) mass is 645 g/mol. The number of amides is 4. The standard InChI is InChI=1S/C35H47N7O5/c1-5-23(2)31-35(46)40-30(18-25-10-14-29(47-4)15-11-25)34(45)39-24(3)32(43)37-16-6-7-17-42(21-28-19-36-22-38-28)20-26-8-12-27(13-9-26)33(44)41-31/h8-15,19,22-24,30-31H,5-7,16-18,20-21H2,1-4H3,(H,36,38)(H,37,43)(H,39,45)(H,40,46)(H,41,44)/t23-,24+,30-,31?/m0/s1. The first-order valence-corrected chi connectivity index (χ1v) is 16.3. The zero-order valence-electron chi connectivity index (χ0n) is 27.7. The van der Waals surface area contributed by atoms with Gasteiger partial charge in [0.1, 0.15) is 23.9 Å². The van der Waals surface area contributed by atoms with Gasteiger partial charge < -0.3 is 31.0 Å². The lowest BCUT2D eigenvalue weighted by molar-refractivity contribution is -0.132. The van der Waals surface area contributed by atoms with Crippen LogP contribution in [0.4, 0.5) is 0 Å². The quantitative estimate of drug-likeness (QED) is 0.247. The minimum Gasteiger partial charge on any atom is -0.497 e. The molecule has 252 valence electrons. The zero-order chi connectivity index (χ0) is 33.8. The molecule has 3 aromatic rings. The molecule has 47 heavy (non-hydrogen) atoms. The van der Waals surface area contributed by atoms with Gasteiger partial charge in [-0.3, -0.25) is 24.1 Å². The summed E-state index contributed by atoms with van der Waals surface area (Å²) in [6.45, 7) is 8.00.